The van der Waals surface area contributed by atoms with Crippen LogP contribution in [-0.2, 0) is 11.2 Å². The summed E-state index contributed by atoms with van der Waals surface area (Å²) in [6, 6.07) is 15.9. The fourth-order valence-corrected chi connectivity index (χ4v) is 3.76. The molecule has 0 unspecified atom stereocenters. The first-order valence-electron chi connectivity index (χ1n) is 8.77. The van der Waals surface area contributed by atoms with E-state index in [4.69, 9.17) is 9.15 Å². The quantitative estimate of drug-likeness (QED) is 0.515. The Morgan fingerprint density at radius 1 is 1.04 bits per heavy atom. The van der Waals surface area contributed by atoms with E-state index in [9.17, 15) is 4.79 Å². The van der Waals surface area contributed by atoms with Gasteiger partial charge in [0.1, 0.15) is 5.75 Å². The van der Waals surface area contributed by atoms with E-state index in [0.717, 1.165) is 22.0 Å². The lowest BCUT2D eigenvalue weighted by molar-refractivity contribution is -0.113. The van der Waals surface area contributed by atoms with Crippen molar-refractivity contribution < 1.29 is 13.9 Å². The molecule has 28 heavy (non-hydrogen) atoms. The predicted octanol–water partition coefficient (Wildman–Crippen LogP) is 4.51. The van der Waals surface area contributed by atoms with Gasteiger partial charge in [0.2, 0.25) is 11.8 Å². The van der Waals surface area contributed by atoms with Gasteiger partial charge in [-0.05, 0) is 47.7 Å². The van der Waals surface area contributed by atoms with Crippen LogP contribution in [0.1, 0.15) is 18.4 Å². The fraction of sp³-hybridized carbons (Fsp3) is 0.250. The molecule has 0 atom stereocenters. The average molecular weight is 416 g/mol. The molecule has 0 bridgehead atoms. The number of ether oxygens (including phenoxy) is 1. The molecule has 146 valence electrons. The van der Waals surface area contributed by atoms with Crippen molar-refractivity contribution in [1.29, 1.82) is 0 Å². The van der Waals surface area contributed by atoms with Gasteiger partial charge < -0.3 is 9.15 Å². The second kappa shape index (κ2) is 10.2. The first kappa shape index (κ1) is 20.3. The van der Waals surface area contributed by atoms with Crippen LogP contribution in [0.2, 0.25) is 0 Å². The summed E-state index contributed by atoms with van der Waals surface area (Å²) in [5.41, 5.74) is 1.08. The Labute approximate surface area is 172 Å². The molecular formula is C20H21N3O3S2. The normalized spacial score (nSPS) is 10.6. The van der Waals surface area contributed by atoms with Gasteiger partial charge in [0.05, 0.1) is 19.3 Å². The molecule has 6 nitrogen and oxygen atoms in total. The number of hydrogen-bond donors (Lipinski definition) is 1. The first-order valence-corrected chi connectivity index (χ1v) is 10.7. The molecule has 0 aliphatic carbocycles. The zero-order valence-corrected chi connectivity index (χ0v) is 17.3. The van der Waals surface area contributed by atoms with Gasteiger partial charge in [-0.25, -0.2) is 0 Å². The zero-order valence-electron chi connectivity index (χ0n) is 15.7. The monoisotopic (exact) mass is 415 g/mol. The Morgan fingerprint density at radius 2 is 1.71 bits per heavy atom. The van der Waals surface area contributed by atoms with Gasteiger partial charge in [-0.2, -0.15) is 0 Å². The minimum atomic E-state index is -0.197. The van der Waals surface area contributed by atoms with E-state index in [1.54, 1.807) is 18.9 Å². The van der Waals surface area contributed by atoms with Gasteiger partial charge in [-0.15, -0.1) is 28.6 Å². The number of methoxy groups -OCH3 is 1. The van der Waals surface area contributed by atoms with Crippen LogP contribution in [0.4, 0.5) is 6.01 Å². The van der Waals surface area contributed by atoms with Crippen LogP contribution in [0, 0.1) is 0 Å². The van der Waals surface area contributed by atoms with Crippen molar-refractivity contribution >= 4 is 35.4 Å². The molecular weight excluding hydrogens is 394 g/mol. The van der Waals surface area contributed by atoms with Gasteiger partial charge >= 0.3 is 6.01 Å². The largest absolute Gasteiger partial charge is 0.497 e. The van der Waals surface area contributed by atoms with E-state index >= 15 is 0 Å². The summed E-state index contributed by atoms with van der Waals surface area (Å²) in [4.78, 5) is 14.3. The fourth-order valence-electron chi connectivity index (χ4n) is 2.40. The molecule has 3 rings (SSSR count). The molecule has 1 N–H and O–H groups in total. The molecule has 1 heterocycles. The second-order valence-corrected chi connectivity index (χ2v) is 8.15. The summed E-state index contributed by atoms with van der Waals surface area (Å²) in [5.74, 6) is 2.35. The van der Waals surface area contributed by atoms with Gasteiger partial charge in [0.25, 0.3) is 0 Å². The molecule has 0 radical (unpaired) electrons. The van der Waals surface area contributed by atoms with E-state index in [1.165, 1.54) is 16.7 Å². The third-order valence-electron chi connectivity index (χ3n) is 3.73. The van der Waals surface area contributed by atoms with Crippen LogP contribution in [0.25, 0.3) is 0 Å². The number of thioether (sulfide) groups is 2. The van der Waals surface area contributed by atoms with Gasteiger partial charge in [-0.1, -0.05) is 24.2 Å². The molecule has 0 aliphatic heterocycles. The van der Waals surface area contributed by atoms with Crippen LogP contribution in [0.15, 0.2) is 62.7 Å². The van der Waals surface area contributed by atoms with Crippen molar-refractivity contribution in [3.05, 3.63) is 60.0 Å². The topological polar surface area (TPSA) is 77.2 Å². The lowest BCUT2D eigenvalue weighted by Gasteiger charge is -2.03. The predicted molar refractivity (Wildman–Crippen MR) is 112 cm³/mol. The molecule has 1 amide bonds. The molecule has 0 aliphatic rings. The van der Waals surface area contributed by atoms with Crippen molar-refractivity contribution in [3.63, 3.8) is 0 Å². The maximum Gasteiger partial charge on any atom is 0.322 e. The molecule has 1 aromatic heterocycles. The highest BCUT2D eigenvalue weighted by Crippen LogP contribution is 2.22. The van der Waals surface area contributed by atoms with E-state index in [0.29, 0.717) is 12.3 Å². The SMILES string of the molecule is CCSc1ccc(Cc2nnc(NC(=O)CSc3ccc(OC)cc3)o2)cc1. The molecule has 0 saturated heterocycles. The smallest absolute Gasteiger partial charge is 0.322 e. The number of nitrogens with one attached hydrogen (secondary N) is 1. The number of nitrogens with zero attached hydrogens (tertiary/aromatic N) is 2. The molecule has 3 aromatic rings. The van der Waals surface area contributed by atoms with Crippen molar-refractivity contribution in [2.75, 3.05) is 23.9 Å². The van der Waals surface area contributed by atoms with Crippen LogP contribution in [0.3, 0.4) is 0 Å². The Balaban J connectivity index is 1.48. The minimum absolute atomic E-state index is 0.119. The van der Waals surface area contributed by atoms with E-state index in [1.807, 2.05) is 36.4 Å². The maximum atomic E-state index is 12.1. The molecule has 0 spiro atoms. The number of carbonyl (C=O) groups is 1. The standard InChI is InChI=1S/C20H21N3O3S2/c1-3-27-16-8-4-14(5-9-16)12-19-22-23-20(26-19)21-18(24)13-28-17-10-6-15(25-2)7-11-17/h4-11H,3,12-13H2,1-2H3,(H,21,23,24). The first-order chi connectivity index (χ1) is 13.7. The highest BCUT2D eigenvalue weighted by atomic mass is 32.2. The number of amides is 1. The van der Waals surface area contributed by atoms with Gasteiger partial charge in [0.15, 0.2) is 0 Å². The van der Waals surface area contributed by atoms with Crippen molar-refractivity contribution in [3.8, 4) is 5.75 Å². The number of carbonyl (C=O) groups excluding carboxylic acids is 1. The molecule has 2 aromatic carbocycles. The van der Waals surface area contributed by atoms with E-state index in [-0.39, 0.29) is 17.7 Å². The van der Waals surface area contributed by atoms with E-state index < -0.39 is 0 Å². The number of aromatic nitrogens is 2. The third-order valence-corrected chi connectivity index (χ3v) is 5.64. The van der Waals surface area contributed by atoms with Crippen LogP contribution >= 0.6 is 23.5 Å². The summed E-state index contributed by atoms with van der Waals surface area (Å²) in [7, 11) is 1.62. The van der Waals surface area contributed by atoms with Gasteiger partial charge in [-0.3, -0.25) is 10.1 Å². The van der Waals surface area contributed by atoms with Gasteiger partial charge in [0, 0.05) is 9.79 Å². The highest BCUT2D eigenvalue weighted by molar-refractivity contribution is 8.00. The lowest BCUT2D eigenvalue weighted by atomic mass is 10.1. The second-order valence-electron chi connectivity index (χ2n) is 5.77. The van der Waals surface area contributed by atoms with Crippen molar-refractivity contribution in [2.45, 2.75) is 23.1 Å². The van der Waals surface area contributed by atoms with Crippen LogP contribution in [0.5, 0.6) is 5.75 Å². The molecule has 8 heteroatoms. The zero-order chi connectivity index (χ0) is 19.8. The highest BCUT2D eigenvalue weighted by Gasteiger charge is 2.11. The third kappa shape index (κ3) is 6.03. The summed E-state index contributed by atoms with van der Waals surface area (Å²) in [6.45, 7) is 2.13. The summed E-state index contributed by atoms with van der Waals surface area (Å²) in [5, 5.41) is 10.5. The number of anilines is 1. The number of hydrogen-bond acceptors (Lipinski definition) is 7. The van der Waals surface area contributed by atoms with E-state index in [2.05, 4.69) is 34.6 Å². The minimum Gasteiger partial charge on any atom is -0.497 e. The molecule has 0 saturated carbocycles. The maximum absolute atomic E-state index is 12.1. The Bertz CT molecular complexity index is 896. The summed E-state index contributed by atoms with van der Waals surface area (Å²) >= 11 is 3.22. The lowest BCUT2D eigenvalue weighted by Crippen LogP contribution is -2.14. The number of benzene rings is 2. The van der Waals surface area contributed by atoms with Crippen molar-refractivity contribution in [2.24, 2.45) is 0 Å². The van der Waals surface area contributed by atoms with Crippen LogP contribution in [-0.4, -0.2) is 34.7 Å². The van der Waals surface area contributed by atoms with Crippen molar-refractivity contribution in [1.82, 2.24) is 10.2 Å². The Hall–Kier alpha value is -2.45. The number of rotatable bonds is 9. The Morgan fingerprint density at radius 3 is 2.39 bits per heavy atom. The van der Waals surface area contributed by atoms with Crippen LogP contribution < -0.4 is 10.1 Å². The summed E-state index contributed by atoms with van der Waals surface area (Å²) in [6.07, 6.45) is 0.528. The Kier molecular flexibility index (Phi) is 7.39. The molecule has 0 fully saturated rings. The average Bonchev–Trinajstić information content (AvgIpc) is 3.15. The summed E-state index contributed by atoms with van der Waals surface area (Å²) < 4.78 is 10.7.